The number of aliphatic hydroxyl groups is 2. The predicted octanol–water partition coefficient (Wildman–Crippen LogP) is 13.9. The fraction of sp³-hybridized carbons (Fsp3) is 0.760. The van der Waals surface area contributed by atoms with E-state index >= 15 is 0 Å². The van der Waals surface area contributed by atoms with Gasteiger partial charge in [0, 0.05) is 13.0 Å². The Balaban J connectivity index is 0.000000341. The Kier molecular flexibility index (Phi) is 36.6. The number of rotatable bonds is 46. The molecule has 0 aliphatic heterocycles. The molecule has 10 atom stereocenters. The second-order valence-corrected chi connectivity index (χ2v) is 29.6. The fourth-order valence-corrected chi connectivity index (χ4v) is 15.4. The molecule has 2 fully saturated rings. The molecule has 532 valence electrons. The monoisotopic (exact) mass is 1350 g/mol. The molecule has 0 heterocycles. The number of benzene rings is 2. The Bertz CT molecular complexity index is 2600. The maximum Gasteiger partial charge on any atom is 0.408 e. The number of aliphatic carboxylic acids is 2. The highest BCUT2D eigenvalue weighted by atomic mass is 32.1. The number of carboxylic acid groups (broad SMARTS) is 2. The van der Waals surface area contributed by atoms with E-state index in [4.69, 9.17) is 29.2 Å². The first-order valence-corrected chi connectivity index (χ1v) is 37.6. The van der Waals surface area contributed by atoms with Gasteiger partial charge in [-0.2, -0.15) is 25.3 Å². The third-order valence-electron chi connectivity index (χ3n) is 20.3. The van der Waals surface area contributed by atoms with Gasteiger partial charge in [0.15, 0.2) is 19.0 Å². The lowest BCUT2D eigenvalue weighted by molar-refractivity contribution is -0.155. The highest BCUT2D eigenvalue weighted by Crippen LogP contribution is 2.51. The molecule has 94 heavy (non-hydrogen) atoms. The van der Waals surface area contributed by atoms with Crippen LogP contribution >= 0.6 is 25.3 Å². The van der Waals surface area contributed by atoms with Crippen LogP contribution in [0.2, 0.25) is 0 Å². The molecule has 2 amide bonds. The number of unbranched alkanes of at least 4 members (excludes halogenated alkanes) is 13. The van der Waals surface area contributed by atoms with Crippen LogP contribution in [-0.2, 0) is 59.1 Å². The van der Waals surface area contributed by atoms with Gasteiger partial charge in [0.25, 0.3) is 0 Å². The van der Waals surface area contributed by atoms with Crippen LogP contribution in [0.5, 0.6) is 11.5 Å². The molecule has 2 aromatic carbocycles. The summed E-state index contributed by atoms with van der Waals surface area (Å²) in [5.41, 5.74) is 2.51. The Morgan fingerprint density at radius 2 is 1.13 bits per heavy atom. The van der Waals surface area contributed by atoms with Crippen molar-refractivity contribution in [3.05, 3.63) is 58.7 Å². The second kappa shape index (κ2) is 43.0. The van der Waals surface area contributed by atoms with Crippen LogP contribution in [0.15, 0.2) is 36.4 Å². The molecule has 17 nitrogen and oxygen atoms in total. The van der Waals surface area contributed by atoms with Crippen LogP contribution < -0.4 is 25.4 Å². The van der Waals surface area contributed by atoms with Crippen molar-refractivity contribution >= 4 is 60.9 Å². The van der Waals surface area contributed by atoms with Gasteiger partial charge in [-0.3, -0.25) is 14.4 Å². The quantitative estimate of drug-likeness (QED) is 0.0170. The number of ether oxygens (including phenoxy) is 4. The van der Waals surface area contributed by atoms with Crippen molar-refractivity contribution in [3.63, 3.8) is 0 Å². The van der Waals surface area contributed by atoms with Gasteiger partial charge in [0.1, 0.15) is 23.7 Å². The highest BCUT2D eigenvalue weighted by Gasteiger charge is 2.49. The van der Waals surface area contributed by atoms with E-state index in [1.54, 1.807) is 13.8 Å². The van der Waals surface area contributed by atoms with Crippen molar-refractivity contribution in [2.75, 3.05) is 44.4 Å². The first-order chi connectivity index (χ1) is 45.1. The SMILES string of the molecule is CCCCC[C@@H](CC[C@@H]1[C@H]2Cc3cccc(OCC(=O)O)c3C[C@H]2C[C@H]1O)OC(=O)CC(C)(C)C(=O)NCCCCCCCCCS.CCCCC[C@H](O)CC[C@@H]1[C@H]2Cc3cccc(OCC(=O)O)c3C[C@H]2C[C@H]1OC(=O)NC(C)(C)C(=O)CCCNCCCCCCS. The zero-order valence-corrected chi connectivity index (χ0v) is 59.9. The number of carboxylic acids is 2. The molecule has 6 rings (SSSR count). The number of Topliss-reactive ketones (excluding diaryl/α,β-unsaturated/α-hetero) is 1. The Morgan fingerprint density at radius 1 is 0.606 bits per heavy atom. The number of carbonyl (C=O) groups is 6. The number of amides is 2. The predicted molar refractivity (Wildman–Crippen MR) is 377 cm³/mol. The standard InChI is InChI=1S/C38H61NO7S.C37H60N2O7S/c1-4-5-11-16-29(46-36(43)25-38(2,3)37(44)39-20-12-9-7-6-8-10-13-21-47)18-19-30-31-22-27-15-14-17-34(45-26-35(41)42)32(27)23-28(31)24-33(30)40;1-4-5-8-14-28(40)17-18-29-30-22-26-13-11-15-32(45-25-35(42)43)31(26)23-27(30)24-33(29)46-36(44)39-37(2,3)34(41)16-12-20-38-19-9-6-7-10-21-47/h14-15,17,28-31,33,40,47H,4-13,16,18-26H2,1-3H3,(H,39,44)(H,41,42);11,13,15,27-30,33,38,40,47H,4-10,12,14,16-25H2,1-3H3,(H,39,44)(H,42,43)/t28-,29-,30+,31-,33+;27-,28-,29+,30-,33+/m00/s1. The molecule has 0 saturated heterocycles. The topological polar surface area (TPSA) is 256 Å². The highest BCUT2D eigenvalue weighted by molar-refractivity contribution is 7.80. The zero-order chi connectivity index (χ0) is 68.5. The number of hydrogen-bond donors (Lipinski definition) is 9. The minimum absolute atomic E-state index is 0.0267. The van der Waals surface area contributed by atoms with Gasteiger partial charge in [0.2, 0.25) is 5.91 Å². The normalized spacial score (nSPS) is 21.0. The second-order valence-electron chi connectivity index (χ2n) is 28.7. The summed E-state index contributed by atoms with van der Waals surface area (Å²) >= 11 is 8.50. The molecule has 2 saturated carbocycles. The molecule has 0 unspecified atom stereocenters. The number of alkyl carbamates (subject to hydrolysis) is 1. The van der Waals surface area contributed by atoms with Crippen LogP contribution in [0.25, 0.3) is 0 Å². The van der Waals surface area contributed by atoms with Gasteiger partial charge in [-0.05, 0) is 224 Å². The van der Waals surface area contributed by atoms with Gasteiger partial charge in [-0.25, -0.2) is 14.4 Å². The summed E-state index contributed by atoms with van der Waals surface area (Å²) in [5.74, 6) is 1.95. The van der Waals surface area contributed by atoms with Crippen LogP contribution in [0, 0.1) is 40.9 Å². The molecule has 4 aliphatic carbocycles. The van der Waals surface area contributed by atoms with Crippen molar-refractivity contribution in [3.8, 4) is 11.5 Å². The summed E-state index contributed by atoms with van der Waals surface area (Å²) in [7, 11) is 0. The van der Waals surface area contributed by atoms with Crippen LogP contribution in [0.3, 0.4) is 0 Å². The van der Waals surface area contributed by atoms with E-state index in [1.165, 1.54) is 50.5 Å². The van der Waals surface area contributed by atoms with Crippen LogP contribution in [0.4, 0.5) is 4.79 Å². The van der Waals surface area contributed by atoms with Gasteiger partial charge < -0.3 is 55.3 Å². The number of esters is 1. The Labute approximate surface area is 574 Å². The molecule has 2 aromatic rings. The maximum atomic E-state index is 13.3. The summed E-state index contributed by atoms with van der Waals surface area (Å²) in [6.45, 7) is 13.0. The van der Waals surface area contributed by atoms with Crippen molar-refractivity contribution in [1.82, 2.24) is 16.0 Å². The number of aliphatic hydroxyl groups excluding tert-OH is 2. The van der Waals surface area contributed by atoms with E-state index in [-0.39, 0.29) is 72.7 Å². The lowest BCUT2D eigenvalue weighted by Crippen LogP contribution is -2.50. The molecular weight excluding hydrogens is 1230 g/mol. The molecule has 0 radical (unpaired) electrons. The molecular formula is C75H121N3O14S2. The lowest BCUT2D eigenvalue weighted by Gasteiger charge is -2.33. The first-order valence-electron chi connectivity index (χ1n) is 36.3. The summed E-state index contributed by atoms with van der Waals surface area (Å²) in [6, 6.07) is 11.6. The summed E-state index contributed by atoms with van der Waals surface area (Å²) in [4.78, 5) is 74.7. The molecule has 7 N–H and O–H groups in total. The van der Waals surface area contributed by atoms with E-state index in [0.29, 0.717) is 68.4 Å². The first kappa shape index (κ1) is 80.1. The molecule has 0 bridgehead atoms. The van der Waals surface area contributed by atoms with E-state index in [2.05, 4.69) is 67.2 Å². The Hall–Kier alpha value is -4.56. The van der Waals surface area contributed by atoms with Crippen molar-refractivity contribution in [2.24, 2.45) is 40.9 Å². The molecule has 4 aliphatic rings. The van der Waals surface area contributed by atoms with Crippen LogP contribution in [-0.4, -0.2) is 130 Å². The smallest absolute Gasteiger partial charge is 0.408 e. The van der Waals surface area contributed by atoms with E-state index in [9.17, 15) is 39.0 Å². The van der Waals surface area contributed by atoms with E-state index in [1.807, 2.05) is 38.1 Å². The number of carbonyl (C=O) groups excluding carboxylic acids is 4. The molecule has 0 spiro atoms. The van der Waals surface area contributed by atoms with E-state index in [0.717, 1.165) is 157 Å². The fourth-order valence-electron chi connectivity index (χ4n) is 14.9. The average Bonchev–Trinajstić information content (AvgIpc) is 1.59. The van der Waals surface area contributed by atoms with Crippen molar-refractivity contribution in [2.45, 2.75) is 277 Å². The minimum atomic E-state index is -1.05. The van der Waals surface area contributed by atoms with E-state index < -0.39 is 41.7 Å². The number of fused-ring (bicyclic) bond motifs is 4. The number of nitrogens with one attached hydrogen (secondary N) is 3. The van der Waals surface area contributed by atoms with Gasteiger partial charge >= 0.3 is 24.0 Å². The van der Waals surface area contributed by atoms with Gasteiger partial charge in [-0.1, -0.05) is 129 Å². The Morgan fingerprint density at radius 3 is 1.70 bits per heavy atom. The lowest BCUT2D eigenvalue weighted by atomic mass is 9.73. The minimum Gasteiger partial charge on any atom is -0.482 e. The maximum absolute atomic E-state index is 13.3. The number of hydrogen-bond acceptors (Lipinski definition) is 15. The zero-order valence-electron chi connectivity index (χ0n) is 58.1. The molecule has 19 heteroatoms. The van der Waals surface area contributed by atoms with Crippen molar-refractivity contribution < 1.29 is 68.1 Å². The average molecular weight is 1350 g/mol. The summed E-state index contributed by atoms with van der Waals surface area (Å²) in [5, 5.41) is 49.4. The number of thiol groups is 2. The largest absolute Gasteiger partial charge is 0.482 e. The number of ketones is 1. The summed E-state index contributed by atoms with van der Waals surface area (Å²) < 4.78 is 23.4. The third-order valence-corrected chi connectivity index (χ3v) is 20.9. The molecule has 0 aromatic heterocycles. The third kappa shape index (κ3) is 27.7. The van der Waals surface area contributed by atoms with Crippen LogP contribution in [0.1, 0.15) is 244 Å². The van der Waals surface area contributed by atoms with Gasteiger partial charge in [-0.15, -0.1) is 0 Å². The van der Waals surface area contributed by atoms with Gasteiger partial charge in [0.05, 0.1) is 29.6 Å². The summed E-state index contributed by atoms with van der Waals surface area (Å²) in [6.07, 6.45) is 27.1. The van der Waals surface area contributed by atoms with Crippen molar-refractivity contribution in [1.29, 1.82) is 0 Å².